The van der Waals surface area contributed by atoms with Crippen molar-refractivity contribution >= 4 is 27.8 Å². The van der Waals surface area contributed by atoms with Crippen LogP contribution >= 0.6 is 15.9 Å². The third kappa shape index (κ3) is 2.43. The van der Waals surface area contributed by atoms with Crippen molar-refractivity contribution in [3.05, 3.63) is 22.4 Å². The number of aryl methyl sites for hydroxylation is 1. The molecule has 1 fully saturated rings. The van der Waals surface area contributed by atoms with Crippen molar-refractivity contribution in [2.45, 2.75) is 6.42 Å². The number of aromatic nitrogens is 1. The molecule has 1 saturated heterocycles. The van der Waals surface area contributed by atoms with Crippen molar-refractivity contribution < 1.29 is 14.3 Å². The Hall–Kier alpha value is -1.30. The third-order valence-corrected chi connectivity index (χ3v) is 3.63. The van der Waals surface area contributed by atoms with Crippen LogP contribution in [-0.2, 0) is 16.6 Å². The lowest BCUT2D eigenvalue weighted by molar-refractivity contribution is -0.144. The van der Waals surface area contributed by atoms with E-state index in [4.69, 9.17) is 4.74 Å². The van der Waals surface area contributed by atoms with Crippen LogP contribution < -0.4 is 0 Å². The highest BCUT2D eigenvalue weighted by Crippen LogP contribution is 2.21. The number of hydrogen-bond donors (Lipinski definition) is 0. The molecule has 6 heteroatoms. The quantitative estimate of drug-likeness (QED) is 0.776. The van der Waals surface area contributed by atoms with Crippen LogP contribution in [0, 0.1) is 5.92 Å². The molecule has 1 aliphatic rings. The zero-order valence-corrected chi connectivity index (χ0v) is 11.9. The monoisotopic (exact) mass is 314 g/mol. The molecule has 0 aromatic carbocycles. The van der Waals surface area contributed by atoms with E-state index in [9.17, 15) is 9.59 Å². The maximum Gasteiger partial charge on any atom is 0.310 e. The van der Waals surface area contributed by atoms with Crippen molar-refractivity contribution in [1.82, 2.24) is 9.47 Å². The number of rotatable bonds is 2. The zero-order chi connectivity index (χ0) is 13.3. The Morgan fingerprint density at radius 1 is 1.50 bits per heavy atom. The number of hydrogen-bond acceptors (Lipinski definition) is 3. The van der Waals surface area contributed by atoms with Gasteiger partial charge in [-0.15, -0.1) is 0 Å². The second-order valence-electron chi connectivity index (χ2n) is 4.41. The minimum Gasteiger partial charge on any atom is -0.469 e. The Morgan fingerprint density at radius 3 is 2.78 bits per heavy atom. The maximum atomic E-state index is 12.3. The Kier molecular flexibility index (Phi) is 3.75. The fraction of sp³-hybridized carbons (Fsp3) is 0.500. The van der Waals surface area contributed by atoms with Gasteiger partial charge in [0.2, 0.25) is 0 Å². The SMILES string of the molecule is COC(=O)C1CCN(C(=O)c2cc(Br)cn2C)C1. The molecule has 0 radical (unpaired) electrons. The summed E-state index contributed by atoms with van der Waals surface area (Å²) in [7, 11) is 3.20. The molecule has 1 aliphatic heterocycles. The molecule has 1 aromatic heterocycles. The molecule has 0 N–H and O–H groups in total. The van der Waals surface area contributed by atoms with E-state index in [-0.39, 0.29) is 17.8 Å². The fourth-order valence-electron chi connectivity index (χ4n) is 2.20. The summed E-state index contributed by atoms with van der Waals surface area (Å²) in [5.74, 6) is -0.476. The van der Waals surface area contributed by atoms with Crippen molar-refractivity contribution in [2.24, 2.45) is 13.0 Å². The lowest BCUT2D eigenvalue weighted by atomic mass is 10.1. The molecule has 1 aromatic rings. The molecule has 0 aliphatic carbocycles. The molecular weight excluding hydrogens is 300 g/mol. The molecule has 0 saturated carbocycles. The molecule has 0 bridgehead atoms. The van der Waals surface area contributed by atoms with Crippen molar-refractivity contribution in [1.29, 1.82) is 0 Å². The summed E-state index contributed by atoms with van der Waals surface area (Å²) >= 11 is 3.34. The second kappa shape index (κ2) is 5.14. The normalized spacial score (nSPS) is 19.1. The zero-order valence-electron chi connectivity index (χ0n) is 10.4. The van der Waals surface area contributed by atoms with Gasteiger partial charge in [0.1, 0.15) is 5.69 Å². The van der Waals surface area contributed by atoms with Crippen LogP contribution in [0.1, 0.15) is 16.9 Å². The highest BCUT2D eigenvalue weighted by atomic mass is 79.9. The van der Waals surface area contributed by atoms with E-state index in [0.29, 0.717) is 25.2 Å². The van der Waals surface area contributed by atoms with Gasteiger partial charge in [0.25, 0.3) is 5.91 Å². The van der Waals surface area contributed by atoms with Crippen LogP contribution in [0.2, 0.25) is 0 Å². The first kappa shape index (κ1) is 13.1. The molecule has 1 unspecified atom stereocenters. The Morgan fingerprint density at radius 2 is 2.22 bits per heavy atom. The molecule has 18 heavy (non-hydrogen) atoms. The maximum absolute atomic E-state index is 12.3. The number of nitrogens with zero attached hydrogens (tertiary/aromatic N) is 2. The van der Waals surface area contributed by atoms with Gasteiger partial charge in [-0.1, -0.05) is 0 Å². The van der Waals surface area contributed by atoms with Gasteiger partial charge < -0.3 is 14.2 Å². The van der Waals surface area contributed by atoms with Gasteiger partial charge in [-0.3, -0.25) is 9.59 Å². The van der Waals surface area contributed by atoms with Crippen LogP contribution in [0.3, 0.4) is 0 Å². The Balaban J connectivity index is 2.08. The molecule has 1 atom stereocenters. The first-order chi connectivity index (χ1) is 8.52. The first-order valence-corrected chi connectivity index (χ1v) is 6.51. The number of likely N-dealkylation sites (tertiary alicyclic amines) is 1. The highest BCUT2D eigenvalue weighted by Gasteiger charge is 2.32. The predicted octanol–water partition coefficient (Wildman–Crippen LogP) is 1.42. The van der Waals surface area contributed by atoms with E-state index in [2.05, 4.69) is 15.9 Å². The fourth-order valence-corrected chi connectivity index (χ4v) is 2.73. The first-order valence-electron chi connectivity index (χ1n) is 5.72. The van der Waals surface area contributed by atoms with Crippen LogP contribution in [0.25, 0.3) is 0 Å². The van der Waals surface area contributed by atoms with Crippen LogP contribution in [-0.4, -0.2) is 41.5 Å². The summed E-state index contributed by atoms with van der Waals surface area (Å²) in [6.07, 6.45) is 2.51. The van der Waals surface area contributed by atoms with Gasteiger partial charge in [0.05, 0.1) is 13.0 Å². The van der Waals surface area contributed by atoms with E-state index in [1.165, 1.54) is 7.11 Å². The summed E-state index contributed by atoms with van der Waals surface area (Å²) in [6.45, 7) is 1.04. The van der Waals surface area contributed by atoms with Gasteiger partial charge in [-0.05, 0) is 28.4 Å². The number of halogens is 1. The van der Waals surface area contributed by atoms with Crippen molar-refractivity contribution in [3.8, 4) is 0 Å². The Labute approximate surface area is 114 Å². The lowest BCUT2D eigenvalue weighted by Gasteiger charge is -2.16. The van der Waals surface area contributed by atoms with E-state index in [0.717, 1.165) is 4.47 Å². The van der Waals surface area contributed by atoms with Crippen molar-refractivity contribution in [3.63, 3.8) is 0 Å². The number of carbonyl (C=O) groups excluding carboxylic acids is 2. The minimum atomic E-state index is -0.238. The summed E-state index contributed by atoms with van der Waals surface area (Å²) in [6, 6.07) is 1.79. The molecule has 5 nitrogen and oxygen atoms in total. The molecular formula is C12H15BrN2O3. The standard InChI is InChI=1S/C12H15BrN2O3/c1-14-7-9(13)5-10(14)11(16)15-4-3-8(6-15)12(17)18-2/h5,7-8H,3-4,6H2,1-2H3. The van der Waals surface area contributed by atoms with Crippen LogP contribution in [0.5, 0.6) is 0 Å². The molecule has 0 spiro atoms. The number of esters is 1. The van der Waals surface area contributed by atoms with Gasteiger partial charge in [0, 0.05) is 30.8 Å². The largest absolute Gasteiger partial charge is 0.469 e. The lowest BCUT2D eigenvalue weighted by Crippen LogP contribution is -2.31. The van der Waals surface area contributed by atoms with Gasteiger partial charge in [-0.2, -0.15) is 0 Å². The third-order valence-electron chi connectivity index (χ3n) is 3.20. The second-order valence-corrected chi connectivity index (χ2v) is 5.33. The Bertz CT molecular complexity index is 484. The molecule has 98 valence electrons. The predicted molar refractivity (Wildman–Crippen MR) is 69.1 cm³/mol. The van der Waals surface area contributed by atoms with E-state index in [1.807, 2.05) is 13.2 Å². The average Bonchev–Trinajstić information content (AvgIpc) is 2.94. The summed E-state index contributed by atoms with van der Waals surface area (Å²) in [4.78, 5) is 25.4. The molecule has 1 amide bonds. The van der Waals surface area contributed by atoms with Crippen LogP contribution in [0.15, 0.2) is 16.7 Å². The minimum absolute atomic E-state index is 0.0467. The van der Waals surface area contributed by atoms with Gasteiger partial charge in [-0.25, -0.2) is 0 Å². The number of ether oxygens (including phenoxy) is 1. The average molecular weight is 315 g/mol. The summed E-state index contributed by atoms with van der Waals surface area (Å²) in [5, 5.41) is 0. The summed E-state index contributed by atoms with van der Waals surface area (Å²) < 4.78 is 7.35. The summed E-state index contributed by atoms with van der Waals surface area (Å²) in [5.41, 5.74) is 0.618. The van der Waals surface area contributed by atoms with Crippen molar-refractivity contribution in [2.75, 3.05) is 20.2 Å². The number of methoxy groups -OCH3 is 1. The topological polar surface area (TPSA) is 51.5 Å². The number of amides is 1. The molecule has 2 rings (SSSR count). The smallest absolute Gasteiger partial charge is 0.310 e. The number of carbonyl (C=O) groups is 2. The van der Waals surface area contributed by atoms with Gasteiger partial charge >= 0.3 is 5.97 Å². The van der Waals surface area contributed by atoms with Crippen LogP contribution in [0.4, 0.5) is 0 Å². The molecule has 2 heterocycles. The van der Waals surface area contributed by atoms with E-state index in [1.54, 1.807) is 15.5 Å². The van der Waals surface area contributed by atoms with Gasteiger partial charge in [0.15, 0.2) is 0 Å². The highest BCUT2D eigenvalue weighted by molar-refractivity contribution is 9.10. The van der Waals surface area contributed by atoms with E-state index >= 15 is 0 Å². The van der Waals surface area contributed by atoms with E-state index < -0.39 is 0 Å².